The Morgan fingerprint density at radius 2 is 1.89 bits per heavy atom. The molecule has 0 fully saturated rings. The van der Waals surface area contributed by atoms with E-state index in [1.54, 1.807) is 0 Å². The first-order valence-corrected chi connectivity index (χ1v) is 5.44. The molecule has 0 aliphatic heterocycles. The largest absolute Gasteiger partial charge is 0.550 e. The molecule has 0 amide bonds. The molecule has 0 saturated heterocycles. The Labute approximate surface area is 112 Å². The van der Waals surface area contributed by atoms with Gasteiger partial charge in [0.15, 0.2) is 5.78 Å². The van der Waals surface area contributed by atoms with E-state index in [4.69, 9.17) is 4.11 Å². The average Bonchev–Trinajstić information content (AvgIpc) is 2.22. The molecule has 0 aliphatic rings. The number of carboxylic acids is 1. The third kappa shape index (κ3) is 4.36. The van der Waals surface area contributed by atoms with Crippen LogP contribution >= 0.6 is 0 Å². The number of rotatable bonds is 7. The summed E-state index contributed by atoms with van der Waals surface area (Å²) in [6.45, 7) is 2.23. The summed E-state index contributed by atoms with van der Waals surface area (Å²) in [4.78, 5) is 23.2. The third-order valence-corrected chi connectivity index (χ3v) is 2.33. The number of quaternary nitrogens is 1. The van der Waals surface area contributed by atoms with Gasteiger partial charge in [0.05, 0.1) is 21.1 Å². The lowest BCUT2D eigenvalue weighted by atomic mass is 9.86. The smallest absolute Gasteiger partial charge is 0.227 e. The molecular weight excluding hydrogens is 238 g/mol. The fourth-order valence-electron chi connectivity index (χ4n) is 1.48. The van der Waals surface area contributed by atoms with Crippen molar-refractivity contribution in [2.45, 2.75) is 38.5 Å². The van der Waals surface area contributed by atoms with Crippen LogP contribution in [0.2, 0.25) is 0 Å². The number of aliphatic carboxylic acids is 1. The Balaban J connectivity index is 5.96. The summed E-state index contributed by atoms with van der Waals surface area (Å²) in [7, 11) is 4.21. The summed E-state index contributed by atoms with van der Waals surface area (Å²) in [6, 6.07) is 0. The summed E-state index contributed by atoms with van der Waals surface area (Å²) in [6.07, 6.45) is -6.04. The van der Waals surface area contributed by atoms with Gasteiger partial charge in [0, 0.05) is 22.9 Å². The van der Waals surface area contributed by atoms with E-state index in [9.17, 15) is 24.9 Å². The van der Waals surface area contributed by atoms with Crippen LogP contribution in [0.4, 0.5) is 0 Å². The number of ketones is 1. The molecule has 0 bridgehead atoms. The van der Waals surface area contributed by atoms with Crippen molar-refractivity contribution in [3.63, 3.8) is 0 Å². The van der Waals surface area contributed by atoms with E-state index in [0.29, 0.717) is 0 Å². The molecule has 0 radical (unpaired) electrons. The predicted octanol–water partition coefficient (Wildman–Crippen LogP) is -1.50. The van der Waals surface area contributed by atoms with E-state index in [1.165, 1.54) is 21.1 Å². The molecule has 0 aromatic carbocycles. The minimum Gasteiger partial charge on any atom is -0.550 e. The number of aliphatic hydroxyl groups is 2. The van der Waals surface area contributed by atoms with Gasteiger partial charge in [0.2, 0.25) is 11.8 Å². The number of aliphatic hydroxyl groups excluding tert-OH is 1. The van der Waals surface area contributed by atoms with Crippen LogP contribution in [-0.4, -0.2) is 59.4 Å². The highest BCUT2D eigenvalue weighted by molar-refractivity contribution is 5.91. The molecule has 0 aromatic rings. The normalized spacial score (nSPS) is 21.2. The van der Waals surface area contributed by atoms with Gasteiger partial charge in [-0.1, -0.05) is 13.8 Å². The number of carbonyl (C=O) groups excluding carboxylic acids is 2. The summed E-state index contributed by atoms with van der Waals surface area (Å²) >= 11 is 0. The van der Waals surface area contributed by atoms with Crippen molar-refractivity contribution in [3.05, 3.63) is 0 Å². The van der Waals surface area contributed by atoms with Gasteiger partial charge >= 0.3 is 0 Å². The Kier molecular flexibility index (Phi) is 3.87. The zero-order valence-corrected chi connectivity index (χ0v) is 11.4. The van der Waals surface area contributed by atoms with Gasteiger partial charge in [-0.2, -0.15) is 0 Å². The van der Waals surface area contributed by atoms with Crippen molar-refractivity contribution in [1.29, 1.82) is 0 Å². The van der Waals surface area contributed by atoms with E-state index < -0.39 is 46.8 Å². The first kappa shape index (κ1) is 12.1. The van der Waals surface area contributed by atoms with Crippen molar-refractivity contribution in [2.75, 3.05) is 21.1 Å². The molecule has 0 spiro atoms. The van der Waals surface area contributed by atoms with Crippen LogP contribution in [0.1, 0.15) is 30.8 Å². The minimum absolute atomic E-state index is 0.399. The van der Waals surface area contributed by atoms with E-state index in [2.05, 4.69) is 0 Å². The van der Waals surface area contributed by atoms with Gasteiger partial charge in [0.25, 0.3) is 0 Å². The summed E-state index contributed by atoms with van der Waals surface area (Å²) in [5.41, 5.74) is -2.90. The highest BCUT2D eigenvalue weighted by Gasteiger charge is 2.49. The highest BCUT2D eigenvalue weighted by Crippen LogP contribution is 2.24. The van der Waals surface area contributed by atoms with Gasteiger partial charge in [-0.25, -0.2) is 0 Å². The first-order chi connectivity index (χ1) is 8.98. The molecule has 2 atom stereocenters. The number of Topliss-reactive ketones (excluding diaryl/α,β-unsaturated/α-hetero) is 1. The molecule has 0 saturated carbocycles. The van der Waals surface area contributed by atoms with Crippen LogP contribution in [0, 0.1) is 5.89 Å². The Morgan fingerprint density at radius 3 is 2.17 bits per heavy atom. The average molecular weight is 264 g/mol. The zero-order chi connectivity index (χ0) is 17.4. The predicted molar refractivity (Wildman–Crippen MR) is 63.1 cm³/mol. The van der Waals surface area contributed by atoms with E-state index in [0.717, 1.165) is 13.8 Å². The van der Waals surface area contributed by atoms with Crippen molar-refractivity contribution >= 4 is 11.8 Å². The standard InChI is InChI=1S/C12H23NO5/c1-8(2)6-9(14)12(18,7-10(15)16)11(17)13(3,4)5/h8,11,17-18H,6-7H2,1-5H3/i6D2,8D. The minimum atomic E-state index is -2.90. The van der Waals surface area contributed by atoms with Crippen LogP contribution < -0.4 is 5.11 Å². The highest BCUT2D eigenvalue weighted by atomic mass is 16.4. The molecule has 0 heterocycles. The fraction of sp³-hybridized carbons (Fsp3) is 0.833. The lowest BCUT2D eigenvalue weighted by molar-refractivity contribution is -0.925. The van der Waals surface area contributed by atoms with Crippen LogP contribution in [0.5, 0.6) is 0 Å². The monoisotopic (exact) mass is 264 g/mol. The van der Waals surface area contributed by atoms with Gasteiger partial charge in [0.1, 0.15) is 0 Å². The molecule has 2 N–H and O–H groups in total. The summed E-state index contributed by atoms with van der Waals surface area (Å²) in [5.74, 6) is -5.30. The molecule has 0 rings (SSSR count). The second-order valence-corrected chi connectivity index (χ2v) is 5.42. The third-order valence-electron chi connectivity index (χ3n) is 2.33. The maximum absolute atomic E-state index is 12.4. The second kappa shape index (κ2) is 5.77. The Hall–Kier alpha value is -0.980. The Morgan fingerprint density at radius 1 is 1.44 bits per heavy atom. The van der Waals surface area contributed by atoms with Crippen LogP contribution in [-0.2, 0) is 9.59 Å². The number of nitrogens with zero attached hydrogens (tertiary/aromatic N) is 1. The topological polar surface area (TPSA) is 97.7 Å². The maximum atomic E-state index is 12.4. The summed E-state index contributed by atoms with van der Waals surface area (Å²) in [5, 5.41) is 31.3. The molecule has 18 heavy (non-hydrogen) atoms. The second-order valence-electron chi connectivity index (χ2n) is 5.42. The quantitative estimate of drug-likeness (QED) is 0.431. The molecule has 106 valence electrons. The number of carbonyl (C=O) groups is 2. The van der Waals surface area contributed by atoms with Crippen molar-refractivity contribution in [2.24, 2.45) is 5.89 Å². The lowest BCUT2D eigenvalue weighted by Gasteiger charge is -2.40. The van der Waals surface area contributed by atoms with Crippen LogP contribution in [0.25, 0.3) is 0 Å². The maximum Gasteiger partial charge on any atom is 0.227 e. The van der Waals surface area contributed by atoms with Crippen LogP contribution in [0.15, 0.2) is 0 Å². The van der Waals surface area contributed by atoms with Crippen molar-refractivity contribution in [3.8, 4) is 0 Å². The lowest BCUT2D eigenvalue weighted by Crippen LogP contribution is -2.64. The fourth-order valence-corrected chi connectivity index (χ4v) is 1.48. The molecular formula is C12H23NO5. The molecule has 0 aromatic heterocycles. The van der Waals surface area contributed by atoms with Gasteiger partial charge < -0.3 is 24.6 Å². The van der Waals surface area contributed by atoms with Crippen LogP contribution in [0.3, 0.4) is 0 Å². The SMILES string of the molecule is [2H]C(C)(C)C([2H])([2H])C(=O)C(O)(CC(=O)[O-])C(O)[N+](C)(C)C. The van der Waals surface area contributed by atoms with Crippen molar-refractivity contribution < 1.29 is 33.5 Å². The first-order valence-electron chi connectivity index (χ1n) is 6.94. The number of likely N-dealkylation sites (N-methyl/N-ethyl adjacent to an activating group) is 1. The van der Waals surface area contributed by atoms with Gasteiger partial charge in [-0.3, -0.25) is 4.79 Å². The number of hydrogen-bond acceptors (Lipinski definition) is 5. The summed E-state index contributed by atoms with van der Waals surface area (Å²) < 4.78 is 22.7. The molecule has 2 unspecified atom stereocenters. The molecule has 6 nitrogen and oxygen atoms in total. The molecule has 0 aliphatic carbocycles. The number of hydrogen-bond donors (Lipinski definition) is 2. The number of carboxylic acid groups (broad SMARTS) is 1. The van der Waals surface area contributed by atoms with E-state index >= 15 is 0 Å². The van der Waals surface area contributed by atoms with Gasteiger partial charge in [-0.05, 0) is 5.89 Å². The van der Waals surface area contributed by atoms with E-state index in [1.807, 2.05) is 0 Å². The zero-order valence-electron chi connectivity index (χ0n) is 14.4. The van der Waals surface area contributed by atoms with Gasteiger partial charge in [-0.15, -0.1) is 0 Å². The Bertz CT molecular complexity index is 428. The van der Waals surface area contributed by atoms with E-state index in [-0.39, 0.29) is 0 Å². The van der Waals surface area contributed by atoms with Crippen molar-refractivity contribution in [1.82, 2.24) is 0 Å². The molecule has 6 heteroatoms.